The highest BCUT2D eigenvalue weighted by atomic mass is 16.1. The fourth-order valence-electron chi connectivity index (χ4n) is 3.36. The van der Waals surface area contributed by atoms with Crippen LogP contribution in [0.4, 0.5) is 17.3 Å². The van der Waals surface area contributed by atoms with E-state index in [1.54, 1.807) is 6.20 Å². The van der Waals surface area contributed by atoms with Crippen molar-refractivity contribution in [1.29, 1.82) is 0 Å². The number of H-pyrrole nitrogens is 1. The van der Waals surface area contributed by atoms with Crippen molar-refractivity contribution in [3.05, 3.63) is 70.4 Å². The van der Waals surface area contributed by atoms with Gasteiger partial charge in [0.25, 0.3) is 5.56 Å². The highest BCUT2D eigenvalue weighted by molar-refractivity contribution is 5.94. The molecular formula is C22H25N7O. The lowest BCUT2D eigenvalue weighted by Gasteiger charge is -2.20. The van der Waals surface area contributed by atoms with Crippen LogP contribution in [0.3, 0.4) is 0 Å². The number of benzene rings is 1. The Bertz CT molecular complexity index is 1230. The van der Waals surface area contributed by atoms with Crippen LogP contribution in [0.2, 0.25) is 0 Å². The number of rotatable bonds is 6. The van der Waals surface area contributed by atoms with Crippen LogP contribution < -0.4 is 15.8 Å². The number of aromatic nitrogens is 5. The number of fused-ring (bicyclic) bond motifs is 1. The van der Waals surface area contributed by atoms with Gasteiger partial charge in [0.2, 0.25) is 0 Å². The van der Waals surface area contributed by atoms with Crippen LogP contribution in [-0.2, 0) is 6.54 Å². The molecule has 0 aliphatic rings. The molecule has 0 spiro atoms. The van der Waals surface area contributed by atoms with Crippen molar-refractivity contribution in [2.45, 2.75) is 33.4 Å². The average molecular weight is 403 g/mol. The van der Waals surface area contributed by atoms with Crippen LogP contribution in [0.25, 0.3) is 10.8 Å². The summed E-state index contributed by atoms with van der Waals surface area (Å²) in [6.45, 7) is 6.47. The number of pyridine rings is 1. The number of nitrogens with zero attached hydrogens (tertiary/aromatic N) is 5. The monoisotopic (exact) mass is 403 g/mol. The van der Waals surface area contributed by atoms with Gasteiger partial charge in [-0.05, 0) is 51.1 Å². The topological polar surface area (TPSA) is 91.7 Å². The normalized spacial score (nSPS) is 11.2. The molecule has 0 saturated carbocycles. The molecule has 0 aliphatic carbocycles. The van der Waals surface area contributed by atoms with Crippen molar-refractivity contribution >= 4 is 28.1 Å². The minimum absolute atomic E-state index is 0.0710. The zero-order valence-electron chi connectivity index (χ0n) is 17.5. The fraction of sp³-hybridized carbons (Fsp3) is 0.273. The molecule has 0 amide bonds. The molecule has 0 unspecified atom stereocenters. The average Bonchev–Trinajstić information content (AvgIpc) is 3.15. The Morgan fingerprint density at radius 3 is 2.67 bits per heavy atom. The summed E-state index contributed by atoms with van der Waals surface area (Å²) in [7, 11) is 1.99. The van der Waals surface area contributed by atoms with E-state index in [9.17, 15) is 4.79 Å². The smallest absolute Gasteiger partial charge is 0.275 e. The Labute approximate surface area is 174 Å². The molecule has 0 saturated heterocycles. The molecule has 8 heteroatoms. The summed E-state index contributed by atoms with van der Waals surface area (Å²) in [6, 6.07) is 13.5. The lowest BCUT2D eigenvalue weighted by molar-refractivity contribution is 0.510. The molecule has 0 aliphatic heterocycles. The third-order valence-electron chi connectivity index (χ3n) is 4.91. The first-order valence-corrected chi connectivity index (χ1v) is 9.89. The van der Waals surface area contributed by atoms with E-state index >= 15 is 0 Å². The van der Waals surface area contributed by atoms with Crippen molar-refractivity contribution in [3.8, 4) is 0 Å². The Morgan fingerprint density at radius 2 is 2.00 bits per heavy atom. The predicted molar refractivity (Wildman–Crippen MR) is 119 cm³/mol. The molecule has 3 heterocycles. The molecule has 30 heavy (non-hydrogen) atoms. The van der Waals surface area contributed by atoms with Crippen molar-refractivity contribution in [2.75, 3.05) is 17.3 Å². The number of aromatic amines is 1. The minimum atomic E-state index is -0.114. The maximum Gasteiger partial charge on any atom is 0.275 e. The van der Waals surface area contributed by atoms with Gasteiger partial charge < -0.3 is 10.2 Å². The van der Waals surface area contributed by atoms with E-state index in [0.717, 1.165) is 22.5 Å². The molecule has 0 radical (unpaired) electrons. The number of hydrogen-bond acceptors (Lipinski definition) is 6. The molecule has 0 atom stereocenters. The van der Waals surface area contributed by atoms with Gasteiger partial charge in [0.15, 0.2) is 11.6 Å². The van der Waals surface area contributed by atoms with E-state index in [2.05, 4.69) is 30.5 Å². The van der Waals surface area contributed by atoms with Gasteiger partial charge in [-0.15, -0.1) is 0 Å². The Hall–Kier alpha value is -3.68. The first kappa shape index (κ1) is 19.6. The van der Waals surface area contributed by atoms with Crippen LogP contribution in [0.1, 0.15) is 31.3 Å². The van der Waals surface area contributed by atoms with Crippen LogP contribution in [0, 0.1) is 6.92 Å². The number of aryl methyl sites for hydroxylation is 1. The number of nitrogens with one attached hydrogen (secondary N) is 2. The van der Waals surface area contributed by atoms with E-state index in [0.29, 0.717) is 23.6 Å². The second-order valence-corrected chi connectivity index (χ2v) is 7.66. The van der Waals surface area contributed by atoms with Gasteiger partial charge in [0.1, 0.15) is 0 Å². The van der Waals surface area contributed by atoms with Gasteiger partial charge in [-0.2, -0.15) is 10.2 Å². The van der Waals surface area contributed by atoms with Crippen molar-refractivity contribution in [3.63, 3.8) is 0 Å². The molecule has 2 N–H and O–H groups in total. The lowest BCUT2D eigenvalue weighted by atomic mass is 10.1. The molecule has 4 rings (SSSR count). The molecule has 1 aromatic carbocycles. The second-order valence-electron chi connectivity index (χ2n) is 7.66. The second kappa shape index (κ2) is 7.98. The van der Waals surface area contributed by atoms with Crippen LogP contribution in [0.15, 0.2) is 53.5 Å². The van der Waals surface area contributed by atoms with E-state index in [-0.39, 0.29) is 11.6 Å². The Kier molecular flexibility index (Phi) is 5.22. The summed E-state index contributed by atoms with van der Waals surface area (Å²) in [6.07, 6.45) is 1.78. The van der Waals surface area contributed by atoms with Gasteiger partial charge in [-0.1, -0.05) is 6.07 Å². The van der Waals surface area contributed by atoms with Crippen molar-refractivity contribution < 1.29 is 0 Å². The molecule has 8 nitrogen and oxygen atoms in total. The van der Waals surface area contributed by atoms with Crippen LogP contribution >= 0.6 is 0 Å². The van der Waals surface area contributed by atoms with Crippen LogP contribution in [0.5, 0.6) is 0 Å². The van der Waals surface area contributed by atoms with Crippen molar-refractivity contribution in [2.24, 2.45) is 0 Å². The third-order valence-corrected chi connectivity index (χ3v) is 4.91. The van der Waals surface area contributed by atoms with E-state index in [1.807, 2.05) is 70.3 Å². The summed E-state index contributed by atoms with van der Waals surface area (Å²) < 4.78 is 1.51. The lowest BCUT2D eigenvalue weighted by Crippen LogP contribution is -2.26. The standard InChI is InChI=1S/C22H25N7O/c1-14(2)29-22(30)19-12-17(28(4)13-16-7-5-6-10-23-16)8-9-18(19)21(27-29)24-20-11-15(3)25-26-20/h5-12,14H,13H2,1-4H3,(H2,24,25,26,27). The van der Waals surface area contributed by atoms with Gasteiger partial charge in [0, 0.05) is 36.1 Å². The highest BCUT2D eigenvalue weighted by Crippen LogP contribution is 2.26. The zero-order chi connectivity index (χ0) is 21.3. The quantitative estimate of drug-likeness (QED) is 0.509. The minimum Gasteiger partial charge on any atom is -0.369 e. The molecule has 0 bridgehead atoms. The molecular weight excluding hydrogens is 378 g/mol. The Balaban J connectivity index is 1.78. The van der Waals surface area contributed by atoms with Crippen LogP contribution in [-0.4, -0.2) is 32.0 Å². The van der Waals surface area contributed by atoms with Gasteiger partial charge in [0.05, 0.1) is 23.7 Å². The number of hydrogen-bond donors (Lipinski definition) is 2. The van der Waals surface area contributed by atoms with E-state index in [4.69, 9.17) is 0 Å². The number of anilines is 3. The predicted octanol–water partition coefficient (Wildman–Crippen LogP) is 3.78. The largest absolute Gasteiger partial charge is 0.369 e. The van der Waals surface area contributed by atoms with Gasteiger partial charge in [-0.25, -0.2) is 4.68 Å². The fourth-order valence-corrected chi connectivity index (χ4v) is 3.36. The maximum atomic E-state index is 13.1. The highest BCUT2D eigenvalue weighted by Gasteiger charge is 2.15. The first-order valence-electron chi connectivity index (χ1n) is 9.89. The summed E-state index contributed by atoms with van der Waals surface area (Å²) in [5.74, 6) is 1.26. The Morgan fingerprint density at radius 1 is 1.17 bits per heavy atom. The first-order chi connectivity index (χ1) is 14.4. The van der Waals surface area contributed by atoms with E-state index < -0.39 is 0 Å². The SMILES string of the molecule is Cc1cc(Nc2nn(C(C)C)c(=O)c3cc(N(C)Cc4ccccn4)ccc23)n[nH]1. The van der Waals surface area contributed by atoms with Gasteiger partial charge in [-0.3, -0.25) is 14.9 Å². The third kappa shape index (κ3) is 3.89. The molecule has 4 aromatic rings. The summed E-state index contributed by atoms with van der Waals surface area (Å²) in [5.41, 5.74) is 2.73. The summed E-state index contributed by atoms with van der Waals surface area (Å²) in [4.78, 5) is 19.6. The molecule has 3 aromatic heterocycles. The zero-order valence-corrected chi connectivity index (χ0v) is 17.5. The molecule has 154 valence electrons. The maximum absolute atomic E-state index is 13.1. The molecule has 0 fully saturated rings. The van der Waals surface area contributed by atoms with Crippen molar-refractivity contribution in [1.82, 2.24) is 25.0 Å². The summed E-state index contributed by atoms with van der Waals surface area (Å²) >= 11 is 0. The van der Waals surface area contributed by atoms with Gasteiger partial charge >= 0.3 is 0 Å². The van der Waals surface area contributed by atoms with E-state index in [1.165, 1.54) is 4.68 Å². The summed E-state index contributed by atoms with van der Waals surface area (Å²) in [5, 5.41) is 16.3.